The summed E-state index contributed by atoms with van der Waals surface area (Å²) in [5.41, 5.74) is 3.35. The second kappa shape index (κ2) is 9.74. The Morgan fingerprint density at radius 1 is 0.829 bits per heavy atom. The highest BCUT2D eigenvalue weighted by atomic mass is 35.5. The Bertz CT molecular complexity index is 1390. The highest BCUT2D eigenvalue weighted by Crippen LogP contribution is 2.33. The molecule has 178 valence electrons. The minimum absolute atomic E-state index is 0.0616. The highest BCUT2D eigenvalue weighted by molar-refractivity contribution is 6.53. The van der Waals surface area contributed by atoms with E-state index in [9.17, 15) is 14.4 Å². The average Bonchev–Trinajstić information content (AvgIpc) is 3.01. The zero-order valence-corrected chi connectivity index (χ0v) is 21.2. The normalized spacial score (nSPS) is 13.5. The summed E-state index contributed by atoms with van der Waals surface area (Å²) in [4.78, 5) is 39.3. The van der Waals surface area contributed by atoms with E-state index >= 15 is 0 Å². The predicted molar refractivity (Wildman–Crippen MR) is 138 cm³/mol. The van der Waals surface area contributed by atoms with E-state index in [1.54, 1.807) is 49.4 Å². The third-order valence-electron chi connectivity index (χ3n) is 5.44. The fraction of sp³-hybridized carbons (Fsp3) is 0.115. The molecule has 1 aliphatic rings. The lowest BCUT2D eigenvalue weighted by atomic mass is 10.1. The number of benzene rings is 3. The van der Waals surface area contributed by atoms with Crippen LogP contribution >= 0.6 is 34.8 Å². The largest absolute Gasteiger partial charge is 0.423 e. The summed E-state index contributed by atoms with van der Waals surface area (Å²) in [7, 11) is 0. The van der Waals surface area contributed by atoms with E-state index in [-0.39, 0.29) is 10.7 Å². The van der Waals surface area contributed by atoms with Crippen LogP contribution in [0.2, 0.25) is 10.0 Å². The van der Waals surface area contributed by atoms with E-state index in [0.29, 0.717) is 38.3 Å². The molecular formula is C26H19Cl3N2O4. The molecule has 0 saturated carbocycles. The molecule has 35 heavy (non-hydrogen) atoms. The zero-order valence-electron chi connectivity index (χ0n) is 18.9. The van der Waals surface area contributed by atoms with Crippen LogP contribution in [0.4, 0.5) is 11.4 Å². The Hall–Kier alpha value is -3.32. The molecule has 4 rings (SSSR count). The van der Waals surface area contributed by atoms with Crippen molar-refractivity contribution in [2.45, 2.75) is 20.8 Å². The fourth-order valence-corrected chi connectivity index (χ4v) is 4.21. The van der Waals surface area contributed by atoms with E-state index in [0.717, 1.165) is 16.0 Å². The van der Waals surface area contributed by atoms with Gasteiger partial charge in [0.1, 0.15) is 16.5 Å². The third kappa shape index (κ3) is 4.91. The van der Waals surface area contributed by atoms with E-state index in [1.807, 2.05) is 13.8 Å². The van der Waals surface area contributed by atoms with Crippen molar-refractivity contribution in [3.05, 3.63) is 97.6 Å². The number of hydrogen-bond acceptors (Lipinski definition) is 5. The number of halogens is 3. The molecule has 0 bridgehead atoms. The number of anilines is 2. The van der Waals surface area contributed by atoms with Gasteiger partial charge >= 0.3 is 5.97 Å². The van der Waals surface area contributed by atoms with Gasteiger partial charge in [0, 0.05) is 15.7 Å². The predicted octanol–water partition coefficient (Wildman–Crippen LogP) is 6.57. The van der Waals surface area contributed by atoms with Gasteiger partial charge in [-0.05, 0) is 92.1 Å². The Kier molecular flexibility index (Phi) is 6.90. The molecule has 6 nitrogen and oxygen atoms in total. The Morgan fingerprint density at radius 2 is 1.46 bits per heavy atom. The number of amides is 2. The Balaban J connectivity index is 1.50. The van der Waals surface area contributed by atoms with Gasteiger partial charge in [-0.15, -0.1) is 0 Å². The lowest BCUT2D eigenvalue weighted by Gasteiger charge is -2.17. The first-order valence-corrected chi connectivity index (χ1v) is 11.6. The summed E-state index contributed by atoms with van der Waals surface area (Å²) in [6, 6.07) is 14.5. The summed E-state index contributed by atoms with van der Waals surface area (Å²) in [6.45, 7) is 5.40. The van der Waals surface area contributed by atoms with Crippen molar-refractivity contribution in [1.82, 2.24) is 0 Å². The zero-order chi connectivity index (χ0) is 25.4. The van der Waals surface area contributed by atoms with Crippen LogP contribution in [0.25, 0.3) is 0 Å². The molecule has 0 spiro atoms. The molecule has 0 atom stereocenters. The molecule has 3 aromatic rings. The van der Waals surface area contributed by atoms with Gasteiger partial charge in [0.2, 0.25) is 0 Å². The van der Waals surface area contributed by atoms with Gasteiger partial charge in [-0.3, -0.25) is 9.59 Å². The quantitative estimate of drug-likeness (QED) is 0.230. The highest BCUT2D eigenvalue weighted by Gasteiger charge is 2.39. The molecule has 2 amide bonds. The minimum atomic E-state index is -0.640. The van der Waals surface area contributed by atoms with Gasteiger partial charge in [-0.25, -0.2) is 9.69 Å². The first-order chi connectivity index (χ1) is 16.6. The topological polar surface area (TPSA) is 75.7 Å². The van der Waals surface area contributed by atoms with E-state index in [4.69, 9.17) is 39.5 Å². The van der Waals surface area contributed by atoms with Crippen LogP contribution < -0.4 is 15.0 Å². The van der Waals surface area contributed by atoms with E-state index in [2.05, 4.69) is 5.32 Å². The molecule has 3 aromatic carbocycles. The van der Waals surface area contributed by atoms with Crippen LogP contribution in [0, 0.1) is 20.8 Å². The number of nitrogens with zero attached hydrogens (tertiary/aromatic N) is 1. The van der Waals surface area contributed by atoms with Crippen molar-refractivity contribution in [1.29, 1.82) is 0 Å². The SMILES string of the molecule is Cc1cc(Cl)ccc1N1C(=O)C(Cl)=C(Nc2ccc(C(=O)Oc3cc(C)c(Cl)c(C)c3)cc2)C1=O. The molecular weight excluding hydrogens is 511 g/mol. The van der Waals surface area contributed by atoms with Gasteiger partial charge in [0.05, 0.1) is 11.3 Å². The second-order valence-corrected chi connectivity index (χ2v) is 9.22. The van der Waals surface area contributed by atoms with Gasteiger partial charge in [0.25, 0.3) is 11.8 Å². The lowest BCUT2D eigenvalue weighted by Crippen LogP contribution is -2.32. The summed E-state index contributed by atoms with van der Waals surface area (Å²) < 4.78 is 5.46. The molecule has 0 aliphatic carbocycles. The minimum Gasteiger partial charge on any atom is -0.423 e. The number of nitrogens with one attached hydrogen (secondary N) is 1. The van der Waals surface area contributed by atoms with Crippen LogP contribution in [-0.2, 0) is 9.59 Å². The van der Waals surface area contributed by atoms with E-state index in [1.165, 1.54) is 12.1 Å². The molecule has 9 heteroatoms. The fourth-order valence-electron chi connectivity index (χ4n) is 3.66. The van der Waals surface area contributed by atoms with Crippen molar-refractivity contribution in [3.8, 4) is 5.75 Å². The number of carbonyl (C=O) groups is 3. The first kappa shape index (κ1) is 24.8. The number of hydrogen-bond donors (Lipinski definition) is 1. The van der Waals surface area contributed by atoms with Crippen molar-refractivity contribution in [2.75, 3.05) is 10.2 Å². The van der Waals surface area contributed by atoms with E-state index < -0.39 is 17.8 Å². The molecule has 0 unspecified atom stereocenters. The Labute approximate surface area is 217 Å². The van der Waals surface area contributed by atoms with Crippen LogP contribution in [-0.4, -0.2) is 17.8 Å². The molecule has 0 fully saturated rings. The molecule has 0 aromatic heterocycles. The van der Waals surface area contributed by atoms with Crippen LogP contribution in [0.3, 0.4) is 0 Å². The van der Waals surface area contributed by atoms with Crippen LogP contribution in [0.15, 0.2) is 65.3 Å². The molecule has 1 aliphatic heterocycles. The van der Waals surface area contributed by atoms with Crippen molar-refractivity contribution in [3.63, 3.8) is 0 Å². The Morgan fingerprint density at radius 3 is 2.06 bits per heavy atom. The smallest absolute Gasteiger partial charge is 0.343 e. The summed E-state index contributed by atoms with van der Waals surface area (Å²) in [5, 5.41) is 3.76. The molecule has 0 saturated heterocycles. The van der Waals surface area contributed by atoms with Gasteiger partial charge in [-0.1, -0.05) is 34.8 Å². The molecule has 0 radical (unpaired) electrons. The first-order valence-electron chi connectivity index (χ1n) is 10.5. The van der Waals surface area contributed by atoms with Gasteiger partial charge < -0.3 is 10.1 Å². The maximum atomic E-state index is 13.0. The van der Waals surface area contributed by atoms with Crippen LogP contribution in [0.1, 0.15) is 27.0 Å². The molecule has 1 heterocycles. The number of aryl methyl sites for hydroxylation is 3. The van der Waals surface area contributed by atoms with Gasteiger partial charge in [0.15, 0.2) is 0 Å². The monoisotopic (exact) mass is 528 g/mol. The maximum Gasteiger partial charge on any atom is 0.343 e. The summed E-state index contributed by atoms with van der Waals surface area (Å²) >= 11 is 18.4. The summed E-state index contributed by atoms with van der Waals surface area (Å²) in [6.07, 6.45) is 0. The third-order valence-corrected chi connectivity index (χ3v) is 6.62. The number of ether oxygens (including phenoxy) is 1. The summed E-state index contributed by atoms with van der Waals surface area (Å²) in [5.74, 6) is -1.40. The standard InChI is InChI=1S/C26H19Cl3N2O4/c1-13-10-17(27)6-9-20(13)31-24(32)22(29)23(25(31)33)30-18-7-4-16(5-8-18)26(34)35-19-11-14(2)21(28)15(3)12-19/h4-12,30H,1-3H3. The number of rotatable bonds is 5. The number of imide groups is 1. The molecule has 1 N–H and O–H groups in total. The number of esters is 1. The second-order valence-electron chi connectivity index (χ2n) is 8.03. The average molecular weight is 530 g/mol. The van der Waals surface area contributed by atoms with Gasteiger partial charge in [-0.2, -0.15) is 0 Å². The van der Waals surface area contributed by atoms with Crippen LogP contribution in [0.5, 0.6) is 5.75 Å². The van der Waals surface area contributed by atoms with Crippen molar-refractivity contribution in [2.24, 2.45) is 0 Å². The van der Waals surface area contributed by atoms with Crippen molar-refractivity contribution >= 4 is 64.0 Å². The van der Waals surface area contributed by atoms with Crippen molar-refractivity contribution < 1.29 is 19.1 Å². The number of carbonyl (C=O) groups excluding carboxylic acids is 3. The lowest BCUT2D eigenvalue weighted by molar-refractivity contribution is -0.120. The maximum absolute atomic E-state index is 13.0.